The van der Waals surface area contributed by atoms with Crippen LogP contribution in [0.5, 0.6) is 0 Å². The highest BCUT2D eigenvalue weighted by Gasteiger charge is 2.45. The van der Waals surface area contributed by atoms with Crippen LogP contribution in [0.3, 0.4) is 0 Å². The summed E-state index contributed by atoms with van der Waals surface area (Å²) in [4.78, 5) is 27.4. The predicted molar refractivity (Wildman–Crippen MR) is 101 cm³/mol. The van der Waals surface area contributed by atoms with E-state index in [0.717, 1.165) is 19.5 Å². The Bertz CT molecular complexity index is 840. The van der Waals surface area contributed by atoms with Crippen LogP contribution in [0.2, 0.25) is 0 Å². The third-order valence-corrected chi connectivity index (χ3v) is 5.40. The summed E-state index contributed by atoms with van der Waals surface area (Å²) in [6.07, 6.45) is -0.694. The van der Waals surface area contributed by atoms with Gasteiger partial charge in [-0.05, 0) is 25.4 Å². The smallest absolute Gasteiger partial charge is 0.220 e. The molecule has 0 aromatic carbocycles. The van der Waals surface area contributed by atoms with Gasteiger partial charge in [0, 0.05) is 6.42 Å². The lowest BCUT2D eigenvalue weighted by Crippen LogP contribution is -2.65. The van der Waals surface area contributed by atoms with Crippen molar-refractivity contribution in [2.24, 2.45) is 5.92 Å². The van der Waals surface area contributed by atoms with Crippen LogP contribution >= 0.6 is 0 Å². The van der Waals surface area contributed by atoms with E-state index in [1.807, 2.05) is 0 Å². The lowest BCUT2D eigenvalue weighted by Gasteiger charge is -2.42. The van der Waals surface area contributed by atoms with Gasteiger partial charge in [0.2, 0.25) is 5.91 Å². The maximum Gasteiger partial charge on any atom is 0.220 e. The zero-order valence-corrected chi connectivity index (χ0v) is 15.7. The lowest BCUT2D eigenvalue weighted by molar-refractivity contribution is -0.185. The molecule has 12 heteroatoms. The Balaban J connectivity index is 1.44. The molecule has 1 amide bonds. The van der Waals surface area contributed by atoms with E-state index in [0.29, 0.717) is 23.4 Å². The number of aliphatic hydroxyl groups excluding tert-OH is 3. The Morgan fingerprint density at radius 3 is 2.90 bits per heavy atom. The van der Waals surface area contributed by atoms with Gasteiger partial charge >= 0.3 is 0 Å². The number of imidazole rings is 1. The first-order valence-corrected chi connectivity index (χ1v) is 9.60. The molecule has 0 aliphatic carbocycles. The molecule has 7 N–H and O–H groups in total. The number of aliphatic hydroxyl groups is 3. The fourth-order valence-corrected chi connectivity index (χ4v) is 3.82. The molecule has 12 nitrogen and oxygen atoms in total. The summed E-state index contributed by atoms with van der Waals surface area (Å²) in [6, 6.07) is -0.938. The van der Waals surface area contributed by atoms with E-state index in [1.165, 1.54) is 12.7 Å². The number of aromatic amines is 1. The molecular formula is C17H25N7O5. The largest absolute Gasteiger partial charge is 0.394 e. The lowest BCUT2D eigenvalue weighted by atomic mass is 9.94. The van der Waals surface area contributed by atoms with Crippen molar-refractivity contribution in [3.05, 3.63) is 12.7 Å². The van der Waals surface area contributed by atoms with Crippen molar-refractivity contribution in [2.45, 2.75) is 43.4 Å². The number of fused-ring (bicyclic) bond motifs is 1. The summed E-state index contributed by atoms with van der Waals surface area (Å²) in [5.74, 6) is 0.313. The number of amides is 1. The molecule has 2 aromatic heterocycles. The number of carbonyl (C=O) groups excluding carboxylic acids is 1. The van der Waals surface area contributed by atoms with Crippen LogP contribution in [-0.2, 0) is 9.53 Å². The number of nitrogens with zero attached hydrogens (tertiary/aromatic N) is 3. The summed E-state index contributed by atoms with van der Waals surface area (Å²) in [5.41, 5.74) is 0.942. The van der Waals surface area contributed by atoms with E-state index >= 15 is 0 Å². The minimum atomic E-state index is -1.37. The zero-order valence-electron chi connectivity index (χ0n) is 15.7. The highest BCUT2D eigenvalue weighted by molar-refractivity contribution is 5.82. The van der Waals surface area contributed by atoms with Gasteiger partial charge in [-0.25, -0.2) is 15.0 Å². The highest BCUT2D eigenvalue weighted by Crippen LogP contribution is 2.25. The summed E-state index contributed by atoms with van der Waals surface area (Å²) < 4.78 is 5.74. The molecule has 29 heavy (non-hydrogen) atoms. The number of aromatic nitrogens is 4. The Labute approximate surface area is 166 Å². The SMILES string of the molecule is O=C(C[C@@H]1CCNC1)N[C@@H]1[C@@H](O)[C@H](O)[C@@H](Nc2ncnc3nc[nH]c23)O[C@H]1CO. The molecule has 0 unspecified atom stereocenters. The molecule has 158 valence electrons. The van der Waals surface area contributed by atoms with Crippen molar-refractivity contribution in [1.29, 1.82) is 0 Å². The van der Waals surface area contributed by atoms with Crippen LogP contribution in [0.15, 0.2) is 12.7 Å². The fraction of sp³-hybridized carbons (Fsp3) is 0.647. The molecule has 2 aromatic rings. The number of hydrogen-bond acceptors (Lipinski definition) is 10. The molecule has 2 saturated heterocycles. The van der Waals surface area contributed by atoms with Crippen molar-refractivity contribution in [2.75, 3.05) is 25.0 Å². The van der Waals surface area contributed by atoms with Crippen molar-refractivity contribution < 1.29 is 24.9 Å². The van der Waals surface area contributed by atoms with Gasteiger partial charge in [0.1, 0.15) is 30.2 Å². The van der Waals surface area contributed by atoms with E-state index in [1.54, 1.807) is 0 Å². The number of ether oxygens (including phenoxy) is 1. The van der Waals surface area contributed by atoms with Gasteiger partial charge in [-0.3, -0.25) is 4.79 Å². The maximum atomic E-state index is 12.4. The summed E-state index contributed by atoms with van der Waals surface area (Å²) in [7, 11) is 0. The van der Waals surface area contributed by atoms with Crippen LogP contribution < -0.4 is 16.0 Å². The van der Waals surface area contributed by atoms with Crippen LogP contribution in [0.4, 0.5) is 5.82 Å². The molecule has 0 bridgehead atoms. The van der Waals surface area contributed by atoms with Crippen molar-refractivity contribution in [3.63, 3.8) is 0 Å². The van der Waals surface area contributed by atoms with Gasteiger partial charge < -0.3 is 41.0 Å². The third kappa shape index (κ3) is 4.16. The molecule has 2 aliphatic heterocycles. The Morgan fingerprint density at radius 2 is 2.14 bits per heavy atom. The minimum Gasteiger partial charge on any atom is -0.394 e. The number of hydrogen-bond donors (Lipinski definition) is 7. The van der Waals surface area contributed by atoms with Gasteiger partial charge in [0.25, 0.3) is 0 Å². The number of anilines is 1. The second-order valence-corrected chi connectivity index (χ2v) is 7.38. The predicted octanol–water partition coefficient (Wildman–Crippen LogP) is -2.31. The summed E-state index contributed by atoms with van der Waals surface area (Å²) in [6.45, 7) is 1.21. The minimum absolute atomic E-state index is 0.234. The van der Waals surface area contributed by atoms with Crippen LogP contribution in [0.25, 0.3) is 11.2 Å². The average Bonchev–Trinajstić information content (AvgIpc) is 3.39. The van der Waals surface area contributed by atoms with Gasteiger partial charge in [-0.15, -0.1) is 0 Å². The van der Waals surface area contributed by atoms with Gasteiger partial charge in [0.05, 0.1) is 19.0 Å². The van der Waals surface area contributed by atoms with E-state index in [9.17, 15) is 20.1 Å². The molecule has 4 rings (SSSR count). The molecule has 6 atom stereocenters. The Kier molecular flexibility index (Phi) is 5.87. The van der Waals surface area contributed by atoms with E-state index in [4.69, 9.17) is 4.74 Å². The van der Waals surface area contributed by atoms with Crippen molar-refractivity contribution in [3.8, 4) is 0 Å². The highest BCUT2D eigenvalue weighted by atomic mass is 16.5. The Hall–Kier alpha value is -2.38. The second-order valence-electron chi connectivity index (χ2n) is 7.38. The number of nitrogens with one attached hydrogen (secondary N) is 4. The number of rotatable bonds is 6. The van der Waals surface area contributed by atoms with Gasteiger partial charge in [-0.1, -0.05) is 0 Å². The number of carbonyl (C=O) groups is 1. The zero-order chi connectivity index (χ0) is 20.4. The third-order valence-electron chi connectivity index (χ3n) is 5.40. The first-order valence-electron chi connectivity index (χ1n) is 9.60. The summed E-state index contributed by atoms with van der Waals surface area (Å²) in [5, 5.41) is 39.7. The van der Waals surface area contributed by atoms with Gasteiger partial charge in [0.15, 0.2) is 17.7 Å². The number of H-pyrrole nitrogens is 1. The van der Waals surface area contributed by atoms with Gasteiger partial charge in [-0.2, -0.15) is 0 Å². The molecule has 0 spiro atoms. The molecule has 2 aliphatic rings. The van der Waals surface area contributed by atoms with E-state index in [2.05, 4.69) is 35.9 Å². The molecule has 4 heterocycles. The van der Waals surface area contributed by atoms with Crippen LogP contribution in [-0.4, -0.2) is 91.4 Å². The standard InChI is InChI=1S/C17H25N7O5/c25-5-9-11(23-10(26)3-8-1-2-18-4-8)13(27)14(28)17(29-9)24-16-12-15(20-6-19-12)21-7-22-16/h6-9,11,13-14,17-18,25,27-28H,1-5H2,(H,23,26)(H2,19,20,21,22,24)/t8-,9-,11-,13+,14-,17-/m0/s1. The molecular weight excluding hydrogens is 382 g/mol. The summed E-state index contributed by atoms with van der Waals surface area (Å²) >= 11 is 0. The molecule has 2 fully saturated rings. The first kappa shape index (κ1) is 19.9. The van der Waals surface area contributed by atoms with Crippen molar-refractivity contribution >= 4 is 22.9 Å². The quantitative estimate of drug-likeness (QED) is 0.275. The first-order chi connectivity index (χ1) is 14.1. The normalized spacial score (nSPS) is 32.4. The van der Waals surface area contributed by atoms with Crippen LogP contribution in [0.1, 0.15) is 12.8 Å². The van der Waals surface area contributed by atoms with E-state index < -0.39 is 37.2 Å². The molecule has 0 saturated carbocycles. The topological polar surface area (TPSA) is 178 Å². The second kappa shape index (κ2) is 8.55. The van der Waals surface area contributed by atoms with E-state index in [-0.39, 0.29) is 11.8 Å². The Morgan fingerprint density at radius 1 is 1.28 bits per heavy atom. The fourth-order valence-electron chi connectivity index (χ4n) is 3.82. The van der Waals surface area contributed by atoms with Crippen molar-refractivity contribution in [1.82, 2.24) is 30.6 Å². The van der Waals surface area contributed by atoms with Crippen LogP contribution in [0, 0.1) is 5.92 Å². The maximum absolute atomic E-state index is 12.4. The monoisotopic (exact) mass is 407 g/mol. The average molecular weight is 407 g/mol. The molecule has 0 radical (unpaired) electrons.